The van der Waals surface area contributed by atoms with Gasteiger partial charge in [0.2, 0.25) is 5.91 Å². The van der Waals surface area contributed by atoms with E-state index in [1.165, 1.54) is 12.1 Å². The minimum atomic E-state index is -0.817. The number of amides is 1. The van der Waals surface area contributed by atoms with E-state index in [-0.39, 0.29) is 18.3 Å². The number of nitrogens with one attached hydrogen (secondary N) is 1. The van der Waals surface area contributed by atoms with Crippen LogP contribution in [-0.4, -0.2) is 23.2 Å². The van der Waals surface area contributed by atoms with Crippen LogP contribution < -0.4 is 5.32 Å². The molecule has 0 unspecified atom stereocenters. The molecular formula is C15H20FNO2. The molecule has 0 atom stereocenters. The quantitative estimate of drug-likeness (QED) is 0.876. The van der Waals surface area contributed by atoms with Crippen molar-refractivity contribution < 1.29 is 14.3 Å². The highest BCUT2D eigenvalue weighted by atomic mass is 19.1. The van der Waals surface area contributed by atoms with Crippen molar-refractivity contribution in [2.45, 2.75) is 44.1 Å². The number of rotatable bonds is 4. The molecule has 104 valence electrons. The molecule has 1 saturated carbocycles. The summed E-state index contributed by atoms with van der Waals surface area (Å²) in [5, 5.41) is 12.7. The van der Waals surface area contributed by atoms with Gasteiger partial charge in [0, 0.05) is 6.54 Å². The molecule has 2 N–H and O–H groups in total. The molecule has 1 aliphatic carbocycles. The summed E-state index contributed by atoms with van der Waals surface area (Å²) >= 11 is 0. The van der Waals surface area contributed by atoms with Gasteiger partial charge in [0.1, 0.15) is 5.82 Å². The van der Waals surface area contributed by atoms with Gasteiger partial charge in [-0.15, -0.1) is 0 Å². The summed E-state index contributed by atoms with van der Waals surface area (Å²) in [4.78, 5) is 12.2. The van der Waals surface area contributed by atoms with E-state index < -0.39 is 11.0 Å². The lowest BCUT2D eigenvalue weighted by Crippen LogP contribution is -2.51. The minimum Gasteiger partial charge on any atom is -0.388 e. The Morgan fingerprint density at radius 1 is 1.47 bits per heavy atom. The van der Waals surface area contributed by atoms with Crippen molar-refractivity contribution in [3.63, 3.8) is 0 Å². The van der Waals surface area contributed by atoms with E-state index >= 15 is 0 Å². The van der Waals surface area contributed by atoms with Gasteiger partial charge in [-0.2, -0.15) is 0 Å². The fourth-order valence-electron chi connectivity index (χ4n) is 2.24. The molecule has 4 heteroatoms. The number of carbonyl (C=O) groups is 1. The third-order valence-corrected chi connectivity index (χ3v) is 3.98. The van der Waals surface area contributed by atoms with Crippen LogP contribution in [0, 0.1) is 5.82 Å². The molecule has 0 bridgehead atoms. The van der Waals surface area contributed by atoms with E-state index in [9.17, 15) is 14.3 Å². The number of halogens is 1. The second kappa shape index (κ2) is 4.93. The normalized spacial score (nSPS) is 17.7. The Kier molecular flexibility index (Phi) is 3.63. The molecule has 0 heterocycles. The average molecular weight is 265 g/mol. The Morgan fingerprint density at radius 2 is 2.16 bits per heavy atom. The molecule has 19 heavy (non-hydrogen) atoms. The van der Waals surface area contributed by atoms with Gasteiger partial charge < -0.3 is 10.4 Å². The van der Waals surface area contributed by atoms with Crippen molar-refractivity contribution in [1.82, 2.24) is 5.32 Å². The Morgan fingerprint density at radius 3 is 2.68 bits per heavy atom. The van der Waals surface area contributed by atoms with Crippen LogP contribution in [-0.2, 0) is 10.2 Å². The Balaban J connectivity index is 2.04. The van der Waals surface area contributed by atoms with Crippen molar-refractivity contribution in [3.05, 3.63) is 35.6 Å². The lowest BCUT2D eigenvalue weighted by molar-refractivity contribution is -0.128. The second-order valence-corrected chi connectivity index (χ2v) is 5.90. The molecule has 1 aromatic rings. The van der Waals surface area contributed by atoms with Crippen LogP contribution in [0.3, 0.4) is 0 Å². The molecule has 0 aromatic heterocycles. The van der Waals surface area contributed by atoms with Gasteiger partial charge in [0.25, 0.3) is 0 Å². The molecule has 0 radical (unpaired) electrons. The van der Waals surface area contributed by atoms with Crippen molar-refractivity contribution in [2.24, 2.45) is 0 Å². The zero-order valence-corrected chi connectivity index (χ0v) is 11.4. The summed E-state index contributed by atoms with van der Waals surface area (Å²) in [6, 6.07) is 6.06. The first-order chi connectivity index (χ1) is 8.83. The maximum absolute atomic E-state index is 13.2. The molecule has 0 spiro atoms. The predicted molar refractivity (Wildman–Crippen MR) is 71.2 cm³/mol. The number of aliphatic hydroxyl groups is 1. The van der Waals surface area contributed by atoms with E-state index in [4.69, 9.17) is 0 Å². The molecule has 0 saturated heterocycles. The van der Waals surface area contributed by atoms with Crippen LogP contribution in [0.4, 0.5) is 4.39 Å². The molecular weight excluding hydrogens is 245 g/mol. The van der Waals surface area contributed by atoms with Crippen molar-refractivity contribution in [1.29, 1.82) is 0 Å². The zero-order valence-electron chi connectivity index (χ0n) is 11.4. The largest absolute Gasteiger partial charge is 0.388 e. The summed E-state index contributed by atoms with van der Waals surface area (Å²) in [6.07, 6.45) is 2.46. The fraction of sp³-hybridized carbons (Fsp3) is 0.533. The highest BCUT2D eigenvalue weighted by Crippen LogP contribution is 2.31. The highest BCUT2D eigenvalue weighted by Gasteiger charge is 2.37. The molecule has 3 nitrogen and oxygen atoms in total. The Labute approximate surface area is 112 Å². The van der Waals surface area contributed by atoms with E-state index in [1.54, 1.807) is 26.0 Å². The first kappa shape index (κ1) is 14.0. The summed E-state index contributed by atoms with van der Waals surface area (Å²) in [7, 11) is 0. The Hall–Kier alpha value is -1.42. The summed E-state index contributed by atoms with van der Waals surface area (Å²) < 4.78 is 13.2. The molecule has 1 fully saturated rings. The molecule has 0 aliphatic heterocycles. The first-order valence-electron chi connectivity index (χ1n) is 6.60. The summed E-state index contributed by atoms with van der Waals surface area (Å²) in [6.45, 7) is 3.77. The van der Waals surface area contributed by atoms with Crippen LogP contribution in [0.1, 0.15) is 38.7 Å². The molecule has 1 aromatic carbocycles. The zero-order chi connectivity index (χ0) is 14.1. The third kappa shape index (κ3) is 2.95. The van der Waals surface area contributed by atoms with Crippen LogP contribution in [0.25, 0.3) is 0 Å². The maximum Gasteiger partial charge on any atom is 0.230 e. The number of carbonyl (C=O) groups excluding carboxylic acids is 1. The SMILES string of the molecule is CC(C)(C(=O)NCC1(O)CCC1)c1cccc(F)c1. The molecule has 2 rings (SSSR count). The van der Waals surface area contributed by atoms with Crippen LogP contribution in [0.15, 0.2) is 24.3 Å². The van der Waals surface area contributed by atoms with Crippen molar-refractivity contribution in [2.75, 3.05) is 6.54 Å². The number of hydrogen-bond acceptors (Lipinski definition) is 2. The lowest BCUT2D eigenvalue weighted by atomic mass is 9.79. The van der Waals surface area contributed by atoms with E-state index in [1.807, 2.05) is 0 Å². The average Bonchev–Trinajstić information content (AvgIpc) is 2.33. The van der Waals surface area contributed by atoms with Gasteiger partial charge in [-0.05, 0) is 50.8 Å². The fourth-order valence-corrected chi connectivity index (χ4v) is 2.24. The topological polar surface area (TPSA) is 49.3 Å². The minimum absolute atomic E-state index is 0.196. The van der Waals surface area contributed by atoms with Gasteiger partial charge in [-0.1, -0.05) is 12.1 Å². The van der Waals surface area contributed by atoms with Crippen LogP contribution >= 0.6 is 0 Å². The lowest BCUT2D eigenvalue weighted by Gasteiger charge is -2.37. The number of benzene rings is 1. The molecule has 1 aliphatic rings. The standard InChI is InChI=1S/C15H20FNO2/c1-14(2,11-5-3-6-12(16)9-11)13(18)17-10-15(19)7-4-8-15/h3,5-6,9,19H,4,7-8,10H2,1-2H3,(H,17,18). The first-order valence-corrected chi connectivity index (χ1v) is 6.60. The van der Waals surface area contributed by atoms with Gasteiger partial charge in [-0.25, -0.2) is 4.39 Å². The summed E-state index contributed by atoms with van der Waals surface area (Å²) in [5.41, 5.74) is -0.929. The maximum atomic E-state index is 13.2. The van der Waals surface area contributed by atoms with Gasteiger partial charge >= 0.3 is 0 Å². The van der Waals surface area contributed by atoms with E-state index in [0.29, 0.717) is 5.56 Å². The number of hydrogen-bond donors (Lipinski definition) is 2. The second-order valence-electron chi connectivity index (χ2n) is 5.90. The van der Waals surface area contributed by atoms with Crippen LogP contribution in [0.2, 0.25) is 0 Å². The van der Waals surface area contributed by atoms with Crippen LogP contribution in [0.5, 0.6) is 0 Å². The van der Waals surface area contributed by atoms with E-state index in [0.717, 1.165) is 19.3 Å². The predicted octanol–water partition coefficient (Wildman–Crippen LogP) is 2.13. The smallest absolute Gasteiger partial charge is 0.230 e. The van der Waals surface area contributed by atoms with Crippen molar-refractivity contribution >= 4 is 5.91 Å². The monoisotopic (exact) mass is 265 g/mol. The van der Waals surface area contributed by atoms with E-state index in [2.05, 4.69) is 5.32 Å². The van der Waals surface area contributed by atoms with Gasteiger partial charge in [-0.3, -0.25) is 4.79 Å². The summed E-state index contributed by atoms with van der Waals surface area (Å²) in [5.74, 6) is -0.547. The van der Waals surface area contributed by atoms with Crippen molar-refractivity contribution in [3.8, 4) is 0 Å². The van der Waals surface area contributed by atoms with Gasteiger partial charge in [0.15, 0.2) is 0 Å². The Bertz CT molecular complexity index is 481. The molecule has 1 amide bonds. The third-order valence-electron chi connectivity index (χ3n) is 3.98. The van der Waals surface area contributed by atoms with Gasteiger partial charge in [0.05, 0.1) is 11.0 Å². The highest BCUT2D eigenvalue weighted by molar-refractivity contribution is 5.87.